The first-order chi connectivity index (χ1) is 11.1. The molecule has 128 valence electrons. The summed E-state index contributed by atoms with van der Waals surface area (Å²) in [6, 6.07) is 7.52. The lowest BCUT2D eigenvalue weighted by molar-refractivity contribution is -0.126. The average Bonchev–Trinajstić information content (AvgIpc) is 2.56. The number of likely N-dealkylation sites (N-methyl/N-ethyl adjacent to an activating group) is 1. The zero-order valence-corrected chi connectivity index (χ0v) is 14.8. The van der Waals surface area contributed by atoms with E-state index in [1.54, 1.807) is 12.1 Å². The highest BCUT2D eigenvalue weighted by Crippen LogP contribution is 2.18. The van der Waals surface area contributed by atoms with Gasteiger partial charge in [-0.15, -0.1) is 0 Å². The molecule has 1 aromatic carbocycles. The van der Waals surface area contributed by atoms with Gasteiger partial charge in [0.1, 0.15) is 12.4 Å². The molecule has 0 aromatic heterocycles. The van der Waals surface area contributed by atoms with Crippen LogP contribution >= 0.6 is 11.6 Å². The van der Waals surface area contributed by atoms with Crippen LogP contribution in [0.3, 0.4) is 0 Å². The van der Waals surface area contributed by atoms with Crippen molar-refractivity contribution in [2.24, 2.45) is 0 Å². The topological polar surface area (TPSA) is 41.6 Å². The summed E-state index contributed by atoms with van der Waals surface area (Å²) in [5.74, 6) is 0.910. The van der Waals surface area contributed by atoms with Crippen LogP contribution in [0.5, 0.6) is 5.75 Å². The molecule has 0 heterocycles. The first-order valence-electron chi connectivity index (χ1n) is 8.45. The van der Waals surface area contributed by atoms with E-state index in [2.05, 4.69) is 5.32 Å². The van der Waals surface area contributed by atoms with Crippen molar-refractivity contribution >= 4 is 17.5 Å². The molecule has 2 rings (SSSR count). The van der Waals surface area contributed by atoms with Crippen LogP contribution in [-0.4, -0.2) is 43.1 Å². The Kier molecular flexibility index (Phi) is 7.18. The first-order valence-corrected chi connectivity index (χ1v) is 8.83. The van der Waals surface area contributed by atoms with Crippen molar-refractivity contribution in [3.63, 3.8) is 0 Å². The largest absolute Gasteiger partial charge is 0.492 e. The summed E-state index contributed by atoms with van der Waals surface area (Å²) in [5, 5.41) is 3.87. The van der Waals surface area contributed by atoms with Crippen LogP contribution in [0.15, 0.2) is 24.3 Å². The summed E-state index contributed by atoms with van der Waals surface area (Å²) in [5.41, 5.74) is 0. The van der Waals surface area contributed by atoms with E-state index in [1.807, 2.05) is 31.0 Å². The zero-order chi connectivity index (χ0) is 16.7. The van der Waals surface area contributed by atoms with E-state index >= 15 is 0 Å². The summed E-state index contributed by atoms with van der Waals surface area (Å²) in [4.78, 5) is 14.3. The summed E-state index contributed by atoms with van der Waals surface area (Å²) >= 11 is 5.84. The van der Waals surface area contributed by atoms with Gasteiger partial charge in [0, 0.05) is 17.6 Å². The van der Waals surface area contributed by atoms with Gasteiger partial charge in [-0.25, -0.2) is 0 Å². The third-order valence-corrected chi connectivity index (χ3v) is 4.77. The number of hydrogen-bond donors (Lipinski definition) is 1. The molecule has 0 bridgehead atoms. The lowest BCUT2D eigenvalue weighted by Gasteiger charge is -2.28. The molecule has 1 fully saturated rings. The number of benzene rings is 1. The Morgan fingerprint density at radius 3 is 2.61 bits per heavy atom. The van der Waals surface area contributed by atoms with Gasteiger partial charge in [0.25, 0.3) is 0 Å². The number of halogens is 1. The van der Waals surface area contributed by atoms with Gasteiger partial charge in [-0.1, -0.05) is 30.9 Å². The highest BCUT2D eigenvalue weighted by Gasteiger charge is 2.22. The lowest BCUT2D eigenvalue weighted by atomic mass is 9.95. The quantitative estimate of drug-likeness (QED) is 0.827. The van der Waals surface area contributed by atoms with Crippen LogP contribution in [0, 0.1) is 0 Å². The Morgan fingerprint density at radius 1 is 1.30 bits per heavy atom. The predicted molar refractivity (Wildman–Crippen MR) is 94.1 cm³/mol. The van der Waals surface area contributed by atoms with Crippen LogP contribution < -0.4 is 10.1 Å². The lowest BCUT2D eigenvalue weighted by Crippen LogP contribution is -2.48. The van der Waals surface area contributed by atoms with E-state index < -0.39 is 0 Å². The Labute approximate surface area is 144 Å². The van der Waals surface area contributed by atoms with Crippen LogP contribution in [0.4, 0.5) is 0 Å². The van der Waals surface area contributed by atoms with E-state index in [1.165, 1.54) is 19.3 Å². The fourth-order valence-electron chi connectivity index (χ4n) is 2.80. The van der Waals surface area contributed by atoms with E-state index in [4.69, 9.17) is 16.3 Å². The molecule has 0 radical (unpaired) electrons. The number of nitrogens with zero attached hydrogens (tertiary/aromatic N) is 1. The molecule has 1 atom stereocenters. The molecule has 4 nitrogen and oxygen atoms in total. The fourth-order valence-corrected chi connectivity index (χ4v) is 2.93. The molecular formula is C18H27ClN2O2. The second-order valence-electron chi connectivity index (χ2n) is 6.30. The van der Waals surface area contributed by atoms with Crippen molar-refractivity contribution in [2.75, 3.05) is 20.2 Å². The van der Waals surface area contributed by atoms with Gasteiger partial charge in [-0.2, -0.15) is 0 Å². The minimum absolute atomic E-state index is 0.117. The van der Waals surface area contributed by atoms with Crippen molar-refractivity contribution in [1.29, 1.82) is 0 Å². The molecule has 23 heavy (non-hydrogen) atoms. The molecule has 0 spiro atoms. The Bertz CT molecular complexity index is 486. The van der Waals surface area contributed by atoms with Gasteiger partial charge in [0.2, 0.25) is 5.91 Å². The zero-order valence-electron chi connectivity index (χ0n) is 14.1. The van der Waals surface area contributed by atoms with E-state index in [0.29, 0.717) is 24.2 Å². The summed E-state index contributed by atoms with van der Waals surface area (Å²) in [6.45, 7) is 3.18. The van der Waals surface area contributed by atoms with E-state index in [9.17, 15) is 4.79 Å². The van der Waals surface area contributed by atoms with Gasteiger partial charge in [0.15, 0.2) is 0 Å². The minimum Gasteiger partial charge on any atom is -0.492 e. The second kappa shape index (κ2) is 9.14. The summed E-state index contributed by atoms with van der Waals surface area (Å²) in [6.07, 6.45) is 5.97. The SMILES string of the molecule is CC(C(=O)NC1CCCCC1)N(C)CCOc1ccc(Cl)cc1. The second-order valence-corrected chi connectivity index (χ2v) is 6.74. The average molecular weight is 339 g/mol. The molecular weight excluding hydrogens is 312 g/mol. The highest BCUT2D eigenvalue weighted by atomic mass is 35.5. The fraction of sp³-hybridized carbons (Fsp3) is 0.611. The molecule has 1 saturated carbocycles. The monoisotopic (exact) mass is 338 g/mol. The van der Waals surface area contributed by atoms with Gasteiger partial charge < -0.3 is 10.1 Å². The van der Waals surface area contributed by atoms with Crippen LogP contribution in [0.25, 0.3) is 0 Å². The Hall–Kier alpha value is -1.26. The number of amides is 1. The molecule has 0 saturated heterocycles. The molecule has 1 aliphatic rings. The van der Waals surface area contributed by atoms with Gasteiger partial charge in [-0.05, 0) is 51.1 Å². The first kappa shape index (κ1) is 18.1. The van der Waals surface area contributed by atoms with E-state index in [-0.39, 0.29) is 11.9 Å². The van der Waals surface area contributed by atoms with Crippen LogP contribution in [-0.2, 0) is 4.79 Å². The molecule has 1 aliphatic carbocycles. The maximum absolute atomic E-state index is 12.3. The van der Waals surface area contributed by atoms with Crippen molar-refractivity contribution in [1.82, 2.24) is 10.2 Å². The number of carbonyl (C=O) groups is 1. The predicted octanol–water partition coefficient (Wildman–Crippen LogP) is 3.49. The normalized spacial score (nSPS) is 17.0. The van der Waals surface area contributed by atoms with Crippen LogP contribution in [0.2, 0.25) is 5.02 Å². The van der Waals surface area contributed by atoms with Crippen molar-refractivity contribution in [2.45, 2.75) is 51.1 Å². The maximum Gasteiger partial charge on any atom is 0.237 e. The molecule has 1 amide bonds. The number of carbonyl (C=O) groups excluding carboxylic acids is 1. The highest BCUT2D eigenvalue weighted by molar-refractivity contribution is 6.30. The third kappa shape index (κ3) is 6.04. The molecule has 0 aliphatic heterocycles. The summed E-state index contributed by atoms with van der Waals surface area (Å²) < 4.78 is 5.68. The molecule has 1 aromatic rings. The molecule has 5 heteroatoms. The van der Waals surface area contributed by atoms with E-state index in [0.717, 1.165) is 18.6 Å². The Balaban J connectivity index is 1.69. The minimum atomic E-state index is -0.147. The van der Waals surface area contributed by atoms with Crippen molar-refractivity contribution < 1.29 is 9.53 Å². The van der Waals surface area contributed by atoms with Crippen molar-refractivity contribution in [3.05, 3.63) is 29.3 Å². The van der Waals surface area contributed by atoms with Gasteiger partial charge in [-0.3, -0.25) is 9.69 Å². The number of nitrogens with one attached hydrogen (secondary N) is 1. The summed E-state index contributed by atoms with van der Waals surface area (Å²) in [7, 11) is 1.95. The van der Waals surface area contributed by atoms with Crippen molar-refractivity contribution in [3.8, 4) is 5.75 Å². The van der Waals surface area contributed by atoms with Crippen LogP contribution in [0.1, 0.15) is 39.0 Å². The molecule has 1 N–H and O–H groups in total. The van der Waals surface area contributed by atoms with Gasteiger partial charge >= 0.3 is 0 Å². The number of ether oxygens (including phenoxy) is 1. The standard InChI is InChI=1S/C18H27ClN2O2/c1-14(18(22)20-16-6-4-3-5-7-16)21(2)12-13-23-17-10-8-15(19)9-11-17/h8-11,14,16H,3-7,12-13H2,1-2H3,(H,20,22). The maximum atomic E-state index is 12.3. The number of hydrogen-bond acceptors (Lipinski definition) is 3. The molecule has 1 unspecified atom stereocenters. The smallest absolute Gasteiger partial charge is 0.237 e. The Morgan fingerprint density at radius 2 is 1.96 bits per heavy atom. The number of rotatable bonds is 7. The van der Waals surface area contributed by atoms with Gasteiger partial charge in [0.05, 0.1) is 6.04 Å². The third-order valence-electron chi connectivity index (χ3n) is 4.52.